The van der Waals surface area contributed by atoms with Gasteiger partial charge in [-0.1, -0.05) is 36.4 Å². The van der Waals surface area contributed by atoms with Gasteiger partial charge in [0.25, 0.3) is 0 Å². The summed E-state index contributed by atoms with van der Waals surface area (Å²) in [5.41, 5.74) is 2.99. The predicted octanol–water partition coefficient (Wildman–Crippen LogP) is 2.10. The summed E-state index contributed by atoms with van der Waals surface area (Å²) in [7, 11) is 0. The fourth-order valence-corrected chi connectivity index (χ4v) is 2.75. The van der Waals surface area contributed by atoms with Crippen LogP contribution in [0.2, 0.25) is 0 Å². The Morgan fingerprint density at radius 2 is 1.96 bits per heavy atom. The van der Waals surface area contributed by atoms with Crippen molar-refractivity contribution in [1.82, 2.24) is 5.32 Å². The molecule has 3 N–H and O–H groups in total. The molecule has 0 spiro atoms. The molecule has 1 amide bonds. The van der Waals surface area contributed by atoms with Gasteiger partial charge in [0.1, 0.15) is 18.5 Å². The molecule has 0 bridgehead atoms. The number of aliphatic hydroxyl groups is 1. The molecular formula is C19H22N2O3. The van der Waals surface area contributed by atoms with E-state index in [9.17, 15) is 9.90 Å². The van der Waals surface area contributed by atoms with Crippen molar-refractivity contribution in [3.05, 3.63) is 59.7 Å². The molecule has 126 valence electrons. The average Bonchev–Trinajstić information content (AvgIpc) is 2.60. The number of carbonyl (C=O) groups is 1. The van der Waals surface area contributed by atoms with E-state index in [1.807, 2.05) is 48.5 Å². The highest BCUT2D eigenvalue weighted by atomic mass is 16.5. The Morgan fingerprint density at radius 1 is 1.12 bits per heavy atom. The Balaban J connectivity index is 1.47. The molecule has 1 heterocycles. The molecule has 0 saturated carbocycles. The summed E-state index contributed by atoms with van der Waals surface area (Å²) in [4.78, 5) is 11.4. The topological polar surface area (TPSA) is 70.6 Å². The Bertz CT molecular complexity index is 688. The zero-order chi connectivity index (χ0) is 16.8. The van der Waals surface area contributed by atoms with E-state index >= 15 is 0 Å². The Kier molecular flexibility index (Phi) is 5.46. The molecule has 0 aromatic heterocycles. The molecule has 1 atom stereocenters. The minimum absolute atomic E-state index is 0.0322. The van der Waals surface area contributed by atoms with Gasteiger partial charge in [-0.2, -0.15) is 0 Å². The molecule has 0 aliphatic carbocycles. The molecule has 2 aromatic rings. The van der Waals surface area contributed by atoms with E-state index in [0.717, 1.165) is 17.0 Å². The molecule has 1 aliphatic rings. The number of carbonyl (C=O) groups excluding carboxylic acids is 1. The normalized spacial score (nSPS) is 14.6. The van der Waals surface area contributed by atoms with Gasteiger partial charge in [-0.15, -0.1) is 0 Å². The summed E-state index contributed by atoms with van der Waals surface area (Å²) < 4.78 is 5.76. The fourth-order valence-electron chi connectivity index (χ4n) is 2.75. The van der Waals surface area contributed by atoms with Crippen LogP contribution in [0.15, 0.2) is 48.5 Å². The van der Waals surface area contributed by atoms with Crippen LogP contribution in [0.3, 0.4) is 0 Å². The fraction of sp³-hybridized carbons (Fsp3) is 0.316. The predicted molar refractivity (Wildman–Crippen MR) is 93.0 cm³/mol. The summed E-state index contributed by atoms with van der Waals surface area (Å²) >= 11 is 0. The number of hydrogen-bond donors (Lipinski definition) is 3. The first kappa shape index (κ1) is 16.5. The van der Waals surface area contributed by atoms with Crippen LogP contribution in [0, 0.1) is 0 Å². The van der Waals surface area contributed by atoms with E-state index in [0.29, 0.717) is 25.9 Å². The molecule has 5 nitrogen and oxygen atoms in total. The second kappa shape index (κ2) is 7.95. The van der Waals surface area contributed by atoms with Crippen LogP contribution in [0.4, 0.5) is 5.69 Å². The van der Waals surface area contributed by atoms with Crippen LogP contribution in [0.25, 0.3) is 0 Å². The van der Waals surface area contributed by atoms with Crippen molar-refractivity contribution in [1.29, 1.82) is 0 Å². The molecule has 3 rings (SSSR count). The van der Waals surface area contributed by atoms with Gasteiger partial charge in [0.2, 0.25) is 5.91 Å². The molecule has 0 fully saturated rings. The molecule has 1 unspecified atom stereocenters. The molecule has 0 saturated heterocycles. The van der Waals surface area contributed by atoms with E-state index in [1.165, 1.54) is 5.56 Å². The number of anilines is 1. The van der Waals surface area contributed by atoms with Crippen molar-refractivity contribution in [3.63, 3.8) is 0 Å². The first-order valence-electron chi connectivity index (χ1n) is 8.19. The summed E-state index contributed by atoms with van der Waals surface area (Å²) in [6.07, 6.45) is 0.539. The first-order chi connectivity index (χ1) is 11.7. The van der Waals surface area contributed by atoms with Gasteiger partial charge in [0.15, 0.2) is 0 Å². The number of benzene rings is 2. The highest BCUT2D eigenvalue weighted by molar-refractivity contribution is 5.94. The lowest BCUT2D eigenvalue weighted by atomic mass is 10.0. The maximum atomic E-state index is 11.4. The summed E-state index contributed by atoms with van der Waals surface area (Å²) in [5, 5.41) is 16.1. The van der Waals surface area contributed by atoms with Crippen LogP contribution in [0.1, 0.15) is 17.5 Å². The van der Waals surface area contributed by atoms with E-state index in [4.69, 9.17) is 4.74 Å². The third-order valence-electron chi connectivity index (χ3n) is 3.99. The lowest BCUT2D eigenvalue weighted by Gasteiger charge is -2.21. The third-order valence-corrected chi connectivity index (χ3v) is 3.99. The second-order valence-corrected chi connectivity index (χ2v) is 5.91. The van der Waals surface area contributed by atoms with E-state index in [2.05, 4.69) is 10.6 Å². The van der Waals surface area contributed by atoms with E-state index < -0.39 is 6.10 Å². The number of hydrogen-bond acceptors (Lipinski definition) is 4. The van der Waals surface area contributed by atoms with Crippen LogP contribution in [-0.2, 0) is 17.8 Å². The number of ether oxygens (including phenoxy) is 1. The van der Waals surface area contributed by atoms with Crippen LogP contribution in [0.5, 0.6) is 5.75 Å². The van der Waals surface area contributed by atoms with Gasteiger partial charge in [-0.05, 0) is 24.1 Å². The minimum atomic E-state index is -0.595. The molecule has 5 heteroatoms. The molecular weight excluding hydrogens is 304 g/mol. The number of amides is 1. The Hall–Kier alpha value is -2.37. The average molecular weight is 326 g/mol. The SMILES string of the molecule is O=C1CCc2c(cccc2OCC(O)CNCc2ccccc2)N1. The van der Waals surface area contributed by atoms with E-state index in [1.54, 1.807) is 0 Å². The summed E-state index contributed by atoms with van der Waals surface area (Å²) in [5.74, 6) is 0.763. The monoisotopic (exact) mass is 326 g/mol. The number of nitrogens with one attached hydrogen (secondary N) is 2. The number of aliphatic hydroxyl groups excluding tert-OH is 1. The second-order valence-electron chi connectivity index (χ2n) is 5.91. The largest absolute Gasteiger partial charge is 0.490 e. The minimum Gasteiger partial charge on any atom is -0.490 e. The highest BCUT2D eigenvalue weighted by Crippen LogP contribution is 2.31. The van der Waals surface area contributed by atoms with Gasteiger partial charge in [-0.3, -0.25) is 4.79 Å². The summed E-state index contributed by atoms with van der Waals surface area (Å²) in [6.45, 7) is 1.39. The van der Waals surface area contributed by atoms with Gasteiger partial charge in [0.05, 0.1) is 0 Å². The van der Waals surface area contributed by atoms with Crippen molar-refractivity contribution in [2.75, 3.05) is 18.5 Å². The zero-order valence-electron chi connectivity index (χ0n) is 13.5. The maximum Gasteiger partial charge on any atom is 0.224 e. The quantitative estimate of drug-likeness (QED) is 0.729. The standard InChI is InChI=1S/C19H22N2O3/c22-15(12-20-11-14-5-2-1-3-6-14)13-24-18-8-4-7-17-16(18)9-10-19(23)21-17/h1-8,15,20,22H,9-13H2,(H,21,23). The summed E-state index contributed by atoms with van der Waals surface area (Å²) in [6, 6.07) is 15.6. The Morgan fingerprint density at radius 3 is 2.79 bits per heavy atom. The molecule has 0 radical (unpaired) electrons. The van der Waals surface area contributed by atoms with Crippen LogP contribution < -0.4 is 15.4 Å². The lowest BCUT2D eigenvalue weighted by Crippen LogP contribution is -2.31. The van der Waals surface area contributed by atoms with E-state index in [-0.39, 0.29) is 12.5 Å². The van der Waals surface area contributed by atoms with Gasteiger partial charge < -0.3 is 20.5 Å². The van der Waals surface area contributed by atoms with Crippen molar-refractivity contribution >= 4 is 11.6 Å². The molecule has 1 aliphatic heterocycles. The van der Waals surface area contributed by atoms with Crippen LogP contribution >= 0.6 is 0 Å². The van der Waals surface area contributed by atoms with Gasteiger partial charge in [0, 0.05) is 30.8 Å². The smallest absolute Gasteiger partial charge is 0.224 e. The van der Waals surface area contributed by atoms with Crippen molar-refractivity contribution < 1.29 is 14.6 Å². The maximum absolute atomic E-state index is 11.4. The first-order valence-corrected chi connectivity index (χ1v) is 8.19. The van der Waals surface area contributed by atoms with Gasteiger partial charge >= 0.3 is 0 Å². The van der Waals surface area contributed by atoms with Crippen molar-refractivity contribution in [2.45, 2.75) is 25.5 Å². The third kappa shape index (κ3) is 4.34. The number of fused-ring (bicyclic) bond motifs is 1. The van der Waals surface area contributed by atoms with Crippen molar-refractivity contribution in [2.24, 2.45) is 0 Å². The molecule has 24 heavy (non-hydrogen) atoms. The van der Waals surface area contributed by atoms with Crippen LogP contribution in [-0.4, -0.2) is 30.3 Å². The zero-order valence-corrected chi connectivity index (χ0v) is 13.5. The number of rotatable bonds is 7. The van der Waals surface area contributed by atoms with Gasteiger partial charge in [-0.25, -0.2) is 0 Å². The Labute approximate surface area is 141 Å². The molecule has 2 aromatic carbocycles. The van der Waals surface area contributed by atoms with Crippen molar-refractivity contribution in [3.8, 4) is 5.75 Å². The lowest BCUT2D eigenvalue weighted by molar-refractivity contribution is -0.116. The highest BCUT2D eigenvalue weighted by Gasteiger charge is 2.18.